The van der Waals surface area contributed by atoms with Crippen molar-refractivity contribution >= 4 is 34.9 Å². The predicted octanol–water partition coefficient (Wildman–Crippen LogP) is 2.76. The van der Waals surface area contributed by atoms with Gasteiger partial charge in [-0.2, -0.15) is 0 Å². The molecule has 0 spiro atoms. The van der Waals surface area contributed by atoms with E-state index < -0.39 is 5.97 Å². The Morgan fingerprint density at radius 2 is 1.62 bits per heavy atom. The minimum absolute atomic E-state index is 0.0689. The van der Waals surface area contributed by atoms with E-state index in [1.807, 2.05) is 48.5 Å². The van der Waals surface area contributed by atoms with Crippen molar-refractivity contribution in [1.29, 1.82) is 0 Å². The first-order valence-electron chi connectivity index (χ1n) is 10.6. The molecule has 0 aromatic heterocycles. The molecule has 7 nitrogen and oxygen atoms in total. The van der Waals surface area contributed by atoms with Gasteiger partial charge in [0.15, 0.2) is 5.11 Å². The van der Waals surface area contributed by atoms with E-state index in [1.165, 1.54) is 11.8 Å². The number of thiocarbonyl (C=S) groups is 1. The predicted molar refractivity (Wildman–Crippen MR) is 129 cm³/mol. The van der Waals surface area contributed by atoms with Crippen LogP contribution in [0.2, 0.25) is 0 Å². The number of rotatable bonds is 7. The van der Waals surface area contributed by atoms with E-state index >= 15 is 0 Å². The molecule has 0 radical (unpaired) electrons. The number of carbonyl (C=O) groups excluding carboxylic acids is 2. The van der Waals surface area contributed by atoms with Gasteiger partial charge in [-0.05, 0) is 36.8 Å². The summed E-state index contributed by atoms with van der Waals surface area (Å²) in [6.45, 7) is 5.27. The Balaban J connectivity index is 1.59. The van der Waals surface area contributed by atoms with Crippen LogP contribution in [0.3, 0.4) is 0 Å². The molecule has 0 unspecified atom stereocenters. The molecule has 1 fully saturated rings. The van der Waals surface area contributed by atoms with Gasteiger partial charge in [0.05, 0.1) is 6.61 Å². The number of piperazine rings is 1. The third-order valence-corrected chi connectivity index (χ3v) is 5.23. The molecule has 1 heterocycles. The van der Waals surface area contributed by atoms with E-state index in [1.54, 1.807) is 11.8 Å². The van der Waals surface area contributed by atoms with Crippen molar-refractivity contribution < 1.29 is 14.3 Å². The summed E-state index contributed by atoms with van der Waals surface area (Å²) in [4.78, 5) is 29.5. The SMILES string of the molecule is CCOC(=O)/C(=C/NC(=S)Nc1ccccc1)C(=O)N1CCN(Cc2ccccc2)CC1. The number of amides is 1. The van der Waals surface area contributed by atoms with Gasteiger partial charge in [0.1, 0.15) is 5.57 Å². The van der Waals surface area contributed by atoms with Gasteiger partial charge in [-0.25, -0.2) is 4.79 Å². The topological polar surface area (TPSA) is 73.9 Å². The number of ether oxygens (including phenoxy) is 1. The minimum atomic E-state index is -0.667. The number of para-hydroxylation sites is 1. The summed E-state index contributed by atoms with van der Waals surface area (Å²) in [6, 6.07) is 19.6. The van der Waals surface area contributed by atoms with Gasteiger partial charge in [-0.1, -0.05) is 48.5 Å². The second-order valence-electron chi connectivity index (χ2n) is 7.30. The number of anilines is 1. The Hall–Kier alpha value is -3.23. The molecule has 8 heteroatoms. The zero-order chi connectivity index (χ0) is 22.8. The van der Waals surface area contributed by atoms with Crippen LogP contribution in [0.4, 0.5) is 5.69 Å². The zero-order valence-electron chi connectivity index (χ0n) is 18.1. The number of benzene rings is 2. The third kappa shape index (κ3) is 6.90. The molecular formula is C24H28N4O3S. The summed E-state index contributed by atoms with van der Waals surface area (Å²) in [7, 11) is 0. The van der Waals surface area contributed by atoms with Gasteiger partial charge in [0.25, 0.3) is 5.91 Å². The van der Waals surface area contributed by atoms with E-state index in [0.29, 0.717) is 13.1 Å². The molecule has 1 amide bonds. The first kappa shape index (κ1) is 23.4. The zero-order valence-corrected chi connectivity index (χ0v) is 18.9. The van der Waals surface area contributed by atoms with Crippen LogP contribution in [0, 0.1) is 0 Å². The highest BCUT2D eigenvalue weighted by atomic mass is 32.1. The van der Waals surface area contributed by atoms with E-state index in [-0.39, 0.29) is 23.2 Å². The second kappa shape index (κ2) is 12.0. The van der Waals surface area contributed by atoms with Crippen LogP contribution in [0.15, 0.2) is 72.4 Å². The Bertz CT molecular complexity index is 942. The Labute approximate surface area is 194 Å². The highest BCUT2D eigenvalue weighted by molar-refractivity contribution is 7.80. The molecule has 0 saturated carbocycles. The molecule has 168 valence electrons. The van der Waals surface area contributed by atoms with Gasteiger partial charge in [-0.3, -0.25) is 9.69 Å². The second-order valence-corrected chi connectivity index (χ2v) is 7.71. The highest BCUT2D eigenvalue weighted by Crippen LogP contribution is 2.12. The lowest BCUT2D eigenvalue weighted by Gasteiger charge is -2.35. The summed E-state index contributed by atoms with van der Waals surface area (Å²) in [6.07, 6.45) is 1.33. The number of nitrogens with one attached hydrogen (secondary N) is 2. The summed E-state index contributed by atoms with van der Waals surface area (Å²) in [5, 5.41) is 6.12. The van der Waals surface area contributed by atoms with Crippen LogP contribution < -0.4 is 10.6 Å². The number of esters is 1. The maximum atomic E-state index is 13.1. The fraction of sp³-hybridized carbons (Fsp3) is 0.292. The fourth-order valence-corrected chi connectivity index (χ4v) is 3.54. The minimum Gasteiger partial charge on any atom is -0.462 e. The monoisotopic (exact) mass is 452 g/mol. The Morgan fingerprint density at radius 3 is 2.25 bits per heavy atom. The lowest BCUT2D eigenvalue weighted by molar-refractivity contribution is -0.142. The molecule has 2 aromatic rings. The lowest BCUT2D eigenvalue weighted by Crippen LogP contribution is -2.49. The summed E-state index contributed by atoms with van der Waals surface area (Å²) >= 11 is 5.28. The highest BCUT2D eigenvalue weighted by Gasteiger charge is 2.28. The standard InChI is InChI=1S/C24H28N4O3S/c1-2-31-23(30)21(17-25-24(32)26-20-11-7-4-8-12-20)22(29)28-15-13-27(14-16-28)18-19-9-5-3-6-10-19/h3-12,17H,2,13-16,18H2,1H3,(H2,25,26,32)/b21-17+. The van der Waals surface area contributed by atoms with Crippen LogP contribution in [-0.2, 0) is 20.9 Å². The van der Waals surface area contributed by atoms with Gasteiger partial charge >= 0.3 is 5.97 Å². The number of hydrogen-bond acceptors (Lipinski definition) is 5. The average molecular weight is 453 g/mol. The molecular weight excluding hydrogens is 424 g/mol. The smallest absolute Gasteiger partial charge is 0.345 e. The summed E-state index contributed by atoms with van der Waals surface area (Å²) in [5.74, 6) is -1.03. The lowest BCUT2D eigenvalue weighted by atomic mass is 10.2. The van der Waals surface area contributed by atoms with Crippen LogP contribution >= 0.6 is 12.2 Å². The van der Waals surface area contributed by atoms with E-state index in [2.05, 4.69) is 27.7 Å². The quantitative estimate of drug-likeness (QED) is 0.220. The van der Waals surface area contributed by atoms with Gasteiger partial charge < -0.3 is 20.3 Å². The van der Waals surface area contributed by atoms with Gasteiger partial charge in [-0.15, -0.1) is 0 Å². The Morgan fingerprint density at radius 1 is 1.00 bits per heavy atom. The van der Waals surface area contributed by atoms with Crippen molar-refractivity contribution in [3.05, 3.63) is 78.0 Å². The van der Waals surface area contributed by atoms with Gasteiger partial charge in [0.2, 0.25) is 0 Å². The molecule has 2 N–H and O–H groups in total. The molecule has 3 rings (SSSR count). The molecule has 32 heavy (non-hydrogen) atoms. The van der Waals surface area contributed by atoms with Crippen molar-refractivity contribution in [2.75, 3.05) is 38.1 Å². The van der Waals surface area contributed by atoms with E-state index in [9.17, 15) is 9.59 Å². The molecule has 1 aliphatic rings. The van der Waals surface area contributed by atoms with Crippen LogP contribution in [0.25, 0.3) is 0 Å². The third-order valence-electron chi connectivity index (χ3n) is 5.01. The number of carbonyl (C=O) groups is 2. The summed E-state index contributed by atoms with van der Waals surface area (Å²) in [5.41, 5.74) is 1.97. The van der Waals surface area contributed by atoms with Crippen LogP contribution in [0.5, 0.6) is 0 Å². The van der Waals surface area contributed by atoms with Crippen molar-refractivity contribution in [3.63, 3.8) is 0 Å². The molecule has 0 atom stereocenters. The fourth-order valence-electron chi connectivity index (χ4n) is 3.36. The first-order chi connectivity index (χ1) is 15.6. The molecule has 0 aliphatic carbocycles. The van der Waals surface area contributed by atoms with E-state index in [4.69, 9.17) is 17.0 Å². The normalized spacial score (nSPS) is 14.5. The molecule has 0 bridgehead atoms. The van der Waals surface area contributed by atoms with Crippen molar-refractivity contribution in [2.24, 2.45) is 0 Å². The largest absolute Gasteiger partial charge is 0.462 e. The average Bonchev–Trinajstić information content (AvgIpc) is 2.81. The first-order valence-corrected chi connectivity index (χ1v) is 11.0. The number of hydrogen-bond donors (Lipinski definition) is 2. The molecule has 2 aromatic carbocycles. The van der Waals surface area contributed by atoms with Crippen molar-refractivity contribution in [1.82, 2.24) is 15.1 Å². The maximum absolute atomic E-state index is 13.1. The Kier molecular flexibility index (Phi) is 8.77. The van der Waals surface area contributed by atoms with Gasteiger partial charge in [0, 0.05) is 44.6 Å². The van der Waals surface area contributed by atoms with E-state index in [0.717, 1.165) is 25.3 Å². The van der Waals surface area contributed by atoms with Crippen LogP contribution in [-0.4, -0.2) is 59.6 Å². The summed E-state index contributed by atoms with van der Waals surface area (Å²) < 4.78 is 5.10. The van der Waals surface area contributed by atoms with Crippen molar-refractivity contribution in [2.45, 2.75) is 13.5 Å². The number of nitrogens with zero attached hydrogens (tertiary/aromatic N) is 2. The maximum Gasteiger partial charge on any atom is 0.345 e. The molecule has 1 aliphatic heterocycles. The van der Waals surface area contributed by atoms with Crippen LogP contribution in [0.1, 0.15) is 12.5 Å². The molecule has 1 saturated heterocycles. The van der Waals surface area contributed by atoms with Crippen molar-refractivity contribution in [3.8, 4) is 0 Å².